The van der Waals surface area contributed by atoms with Crippen LogP contribution in [0, 0.1) is 16.5 Å². The highest BCUT2D eigenvalue weighted by molar-refractivity contribution is 7.21. The third-order valence-electron chi connectivity index (χ3n) is 1.53. The van der Waals surface area contributed by atoms with Crippen LogP contribution in [0.4, 0.5) is 4.39 Å². The molecule has 13 heavy (non-hydrogen) atoms. The molecule has 0 N–H and O–H groups in total. The van der Waals surface area contributed by atoms with Crippen LogP contribution in [-0.2, 0) is 0 Å². The van der Waals surface area contributed by atoms with Crippen molar-refractivity contribution in [2.75, 3.05) is 0 Å². The van der Waals surface area contributed by atoms with Crippen molar-refractivity contribution in [1.82, 2.24) is 0 Å². The zero-order valence-corrected chi connectivity index (χ0v) is 8.08. The number of hydrogen-bond acceptors (Lipinski definition) is 3. The molecular weight excluding hydrogens is 205 g/mol. The van der Waals surface area contributed by atoms with E-state index in [4.69, 9.17) is 5.26 Å². The molecular formula is C9H4FNS2. The summed E-state index contributed by atoms with van der Waals surface area (Å²) in [6.45, 7) is 0. The van der Waals surface area contributed by atoms with Gasteiger partial charge in [0.15, 0.2) is 5.13 Å². The number of thiophene rings is 2. The number of nitrogens with zero attached hydrogens (tertiary/aromatic N) is 1. The molecule has 0 radical (unpaired) electrons. The first-order valence-corrected chi connectivity index (χ1v) is 5.18. The maximum atomic E-state index is 12.7. The Kier molecular flexibility index (Phi) is 2.13. The van der Waals surface area contributed by atoms with Crippen LogP contribution in [0.15, 0.2) is 24.3 Å². The van der Waals surface area contributed by atoms with Crippen LogP contribution < -0.4 is 0 Å². The molecule has 0 aliphatic carbocycles. The van der Waals surface area contributed by atoms with Gasteiger partial charge in [0.25, 0.3) is 0 Å². The molecule has 2 aromatic heterocycles. The highest BCUT2D eigenvalue weighted by Crippen LogP contribution is 2.32. The molecule has 0 aliphatic rings. The molecule has 2 rings (SSSR count). The molecule has 0 saturated heterocycles. The summed E-state index contributed by atoms with van der Waals surface area (Å²) >= 11 is 2.48. The number of nitriles is 1. The second-order valence-electron chi connectivity index (χ2n) is 2.38. The van der Waals surface area contributed by atoms with Crippen LogP contribution in [0.5, 0.6) is 0 Å². The summed E-state index contributed by atoms with van der Waals surface area (Å²) in [5.41, 5.74) is 0. The lowest BCUT2D eigenvalue weighted by atomic mass is 10.4. The zero-order chi connectivity index (χ0) is 9.26. The van der Waals surface area contributed by atoms with Crippen LogP contribution in [0.3, 0.4) is 0 Å². The molecule has 0 aromatic carbocycles. The van der Waals surface area contributed by atoms with E-state index in [-0.39, 0.29) is 5.13 Å². The monoisotopic (exact) mass is 209 g/mol. The standard InChI is InChI=1S/C9H4FNS2/c10-9-4-3-8(13-9)7-2-1-6(5-11)12-7/h1-4H. The first-order valence-electron chi connectivity index (χ1n) is 3.55. The highest BCUT2D eigenvalue weighted by Gasteiger charge is 2.05. The smallest absolute Gasteiger partial charge is 0.177 e. The van der Waals surface area contributed by atoms with Gasteiger partial charge in [-0.1, -0.05) is 0 Å². The van der Waals surface area contributed by atoms with Crippen molar-refractivity contribution in [1.29, 1.82) is 5.26 Å². The van der Waals surface area contributed by atoms with Gasteiger partial charge in [-0.2, -0.15) is 9.65 Å². The third kappa shape index (κ3) is 1.62. The predicted octanol–water partition coefficient (Wildman–Crippen LogP) is 3.49. The Balaban J connectivity index is 2.42. The van der Waals surface area contributed by atoms with Crippen molar-refractivity contribution < 1.29 is 4.39 Å². The Morgan fingerprint density at radius 2 is 1.77 bits per heavy atom. The van der Waals surface area contributed by atoms with Crippen molar-refractivity contribution in [3.63, 3.8) is 0 Å². The van der Waals surface area contributed by atoms with Crippen LogP contribution in [0.2, 0.25) is 0 Å². The topological polar surface area (TPSA) is 23.8 Å². The summed E-state index contributed by atoms with van der Waals surface area (Å²) in [5.74, 6) is 0. The van der Waals surface area contributed by atoms with Gasteiger partial charge in [-0.15, -0.1) is 22.7 Å². The Morgan fingerprint density at radius 1 is 1.08 bits per heavy atom. The SMILES string of the molecule is N#Cc1ccc(-c2ccc(F)s2)s1. The Morgan fingerprint density at radius 3 is 2.31 bits per heavy atom. The fraction of sp³-hybridized carbons (Fsp3) is 0. The van der Waals surface area contributed by atoms with Crippen molar-refractivity contribution >= 4 is 22.7 Å². The lowest BCUT2D eigenvalue weighted by molar-refractivity contribution is 0.657. The molecule has 0 atom stereocenters. The largest absolute Gasteiger partial charge is 0.195 e. The Labute approximate surface area is 82.7 Å². The molecule has 0 aliphatic heterocycles. The van der Waals surface area contributed by atoms with Gasteiger partial charge in [0.2, 0.25) is 0 Å². The first kappa shape index (κ1) is 8.42. The van der Waals surface area contributed by atoms with Crippen LogP contribution in [-0.4, -0.2) is 0 Å². The van der Waals surface area contributed by atoms with Gasteiger partial charge in [-0.25, -0.2) is 0 Å². The number of hydrogen-bond donors (Lipinski definition) is 0. The van der Waals surface area contributed by atoms with E-state index in [1.54, 1.807) is 12.1 Å². The average molecular weight is 209 g/mol. The molecule has 2 aromatic rings. The van der Waals surface area contributed by atoms with E-state index in [1.165, 1.54) is 17.4 Å². The molecule has 0 spiro atoms. The average Bonchev–Trinajstić information content (AvgIpc) is 2.71. The van der Waals surface area contributed by atoms with Gasteiger partial charge in [-0.3, -0.25) is 0 Å². The second-order valence-corrected chi connectivity index (χ2v) is 4.50. The van der Waals surface area contributed by atoms with Gasteiger partial charge >= 0.3 is 0 Å². The maximum absolute atomic E-state index is 12.7. The fourth-order valence-electron chi connectivity index (χ4n) is 0.977. The molecule has 2 heterocycles. The van der Waals surface area contributed by atoms with Crippen molar-refractivity contribution in [3.8, 4) is 15.8 Å². The van der Waals surface area contributed by atoms with Crippen molar-refractivity contribution in [2.45, 2.75) is 0 Å². The lowest BCUT2D eigenvalue weighted by Gasteiger charge is -1.85. The molecule has 0 fully saturated rings. The molecule has 64 valence electrons. The molecule has 4 heteroatoms. The number of halogens is 1. The van der Waals surface area contributed by atoms with Gasteiger partial charge in [0.05, 0.1) is 0 Å². The fourth-order valence-corrected chi connectivity index (χ4v) is 2.60. The van der Waals surface area contributed by atoms with E-state index in [2.05, 4.69) is 6.07 Å². The van der Waals surface area contributed by atoms with E-state index in [0.29, 0.717) is 4.88 Å². The summed E-state index contributed by atoms with van der Waals surface area (Å²) < 4.78 is 12.7. The zero-order valence-electron chi connectivity index (χ0n) is 6.45. The molecule has 0 bridgehead atoms. The summed E-state index contributed by atoms with van der Waals surface area (Å²) in [7, 11) is 0. The second kappa shape index (κ2) is 3.29. The van der Waals surface area contributed by atoms with Crippen LogP contribution >= 0.6 is 22.7 Å². The van der Waals surface area contributed by atoms with E-state index in [1.807, 2.05) is 6.07 Å². The van der Waals surface area contributed by atoms with Crippen LogP contribution in [0.25, 0.3) is 9.75 Å². The van der Waals surface area contributed by atoms with Gasteiger partial charge in [0.1, 0.15) is 10.9 Å². The Bertz CT molecular complexity index is 464. The maximum Gasteiger partial charge on any atom is 0.177 e. The van der Waals surface area contributed by atoms with Gasteiger partial charge in [-0.05, 0) is 24.3 Å². The van der Waals surface area contributed by atoms with E-state index < -0.39 is 0 Å². The van der Waals surface area contributed by atoms with Gasteiger partial charge < -0.3 is 0 Å². The van der Waals surface area contributed by atoms with Gasteiger partial charge in [0, 0.05) is 9.75 Å². The minimum Gasteiger partial charge on any atom is -0.195 e. The third-order valence-corrected chi connectivity index (χ3v) is 3.59. The number of rotatable bonds is 1. The molecule has 0 unspecified atom stereocenters. The summed E-state index contributed by atoms with van der Waals surface area (Å²) in [6, 6.07) is 8.81. The van der Waals surface area contributed by atoms with E-state index >= 15 is 0 Å². The highest BCUT2D eigenvalue weighted by atomic mass is 32.1. The van der Waals surface area contributed by atoms with Crippen molar-refractivity contribution in [3.05, 3.63) is 34.3 Å². The van der Waals surface area contributed by atoms with Crippen molar-refractivity contribution in [2.24, 2.45) is 0 Å². The predicted molar refractivity (Wildman–Crippen MR) is 52.3 cm³/mol. The van der Waals surface area contributed by atoms with Crippen LogP contribution in [0.1, 0.15) is 4.88 Å². The first-order chi connectivity index (χ1) is 6.29. The quantitative estimate of drug-likeness (QED) is 0.705. The molecule has 1 nitrogen and oxygen atoms in total. The lowest BCUT2D eigenvalue weighted by Crippen LogP contribution is -1.56. The van der Waals surface area contributed by atoms with E-state index in [0.717, 1.165) is 21.1 Å². The molecule has 0 saturated carbocycles. The minimum absolute atomic E-state index is 0.193. The summed E-state index contributed by atoms with van der Waals surface area (Å²) in [5, 5.41) is 8.40. The normalized spacial score (nSPS) is 9.85. The Hall–Kier alpha value is -1.18. The molecule has 0 amide bonds. The summed E-state index contributed by atoms with van der Waals surface area (Å²) in [4.78, 5) is 2.48. The minimum atomic E-state index is -0.193. The van der Waals surface area contributed by atoms with E-state index in [9.17, 15) is 4.39 Å². The summed E-state index contributed by atoms with van der Waals surface area (Å²) in [6.07, 6.45) is 0.